The minimum Gasteiger partial charge on any atom is -0.452 e. The number of benzene rings is 1. The van der Waals surface area contributed by atoms with Crippen LogP contribution in [0.5, 0.6) is 0 Å². The molecule has 0 aliphatic rings. The minimum absolute atomic E-state index is 0.0357. The number of aromatic nitrogens is 2. The van der Waals surface area contributed by atoms with Gasteiger partial charge in [-0.1, -0.05) is 23.7 Å². The molecule has 3 rings (SSSR count). The van der Waals surface area contributed by atoms with E-state index >= 15 is 0 Å². The molecular weight excluding hydrogens is 402 g/mol. The third kappa shape index (κ3) is 4.96. The van der Waals surface area contributed by atoms with Gasteiger partial charge in [0.25, 0.3) is 11.5 Å². The monoisotopic (exact) mass is 419 g/mol. The summed E-state index contributed by atoms with van der Waals surface area (Å²) in [6.45, 7) is 1.94. The van der Waals surface area contributed by atoms with Crippen LogP contribution in [0.3, 0.4) is 0 Å². The number of nitrogens with one attached hydrogen (secondary N) is 1. The van der Waals surface area contributed by atoms with E-state index in [-0.39, 0.29) is 18.5 Å². The predicted octanol–water partition coefficient (Wildman–Crippen LogP) is 2.75. The van der Waals surface area contributed by atoms with E-state index in [1.54, 1.807) is 35.7 Å². The van der Waals surface area contributed by atoms with Crippen LogP contribution in [0.1, 0.15) is 18.9 Å². The van der Waals surface area contributed by atoms with Gasteiger partial charge in [-0.25, -0.2) is 4.98 Å². The van der Waals surface area contributed by atoms with E-state index in [0.29, 0.717) is 21.8 Å². The van der Waals surface area contributed by atoms with Crippen LogP contribution in [0.2, 0.25) is 5.02 Å². The molecule has 0 bridgehead atoms. The number of amides is 1. The van der Waals surface area contributed by atoms with Crippen molar-refractivity contribution in [2.75, 3.05) is 0 Å². The zero-order chi connectivity index (χ0) is 20.1. The van der Waals surface area contributed by atoms with E-state index in [9.17, 15) is 14.4 Å². The summed E-state index contributed by atoms with van der Waals surface area (Å²) >= 11 is 7.20. The van der Waals surface area contributed by atoms with Gasteiger partial charge in [0, 0.05) is 18.1 Å². The highest BCUT2D eigenvalue weighted by atomic mass is 35.5. The molecule has 3 aromatic rings. The molecule has 1 N–H and O–H groups in total. The van der Waals surface area contributed by atoms with Crippen LogP contribution in [-0.4, -0.2) is 27.5 Å². The summed E-state index contributed by atoms with van der Waals surface area (Å²) in [6.07, 6.45) is 0.442. The molecule has 2 heterocycles. The molecule has 0 radical (unpaired) electrons. The first-order chi connectivity index (χ1) is 13.4. The van der Waals surface area contributed by atoms with Crippen molar-refractivity contribution in [3.8, 4) is 0 Å². The van der Waals surface area contributed by atoms with Crippen LogP contribution >= 0.6 is 22.9 Å². The summed E-state index contributed by atoms with van der Waals surface area (Å²) in [5.74, 6) is -0.965. The molecule has 146 valence electrons. The molecule has 0 saturated heterocycles. The molecule has 0 unspecified atom stereocenters. The van der Waals surface area contributed by atoms with Crippen LogP contribution in [0, 0.1) is 0 Å². The van der Waals surface area contributed by atoms with Crippen molar-refractivity contribution in [2.24, 2.45) is 0 Å². The summed E-state index contributed by atoms with van der Waals surface area (Å²) in [6, 6.07) is 8.77. The predicted molar refractivity (Wildman–Crippen MR) is 107 cm³/mol. The SMILES string of the molecule is C[C@H](OC(=O)CCn1cnc2sccc2c1=O)C(=O)NCc1ccc(Cl)cc1. The topological polar surface area (TPSA) is 90.3 Å². The van der Waals surface area contributed by atoms with Crippen molar-refractivity contribution in [2.45, 2.75) is 32.5 Å². The van der Waals surface area contributed by atoms with Gasteiger partial charge in [-0.05, 0) is 36.1 Å². The number of ether oxygens (including phenoxy) is 1. The number of aryl methyl sites for hydroxylation is 1. The van der Waals surface area contributed by atoms with E-state index in [2.05, 4.69) is 10.3 Å². The summed E-state index contributed by atoms with van der Waals surface area (Å²) in [5, 5.41) is 5.63. The summed E-state index contributed by atoms with van der Waals surface area (Å²) < 4.78 is 6.51. The Morgan fingerprint density at radius 2 is 2.04 bits per heavy atom. The summed E-state index contributed by atoms with van der Waals surface area (Å²) in [4.78, 5) is 41.2. The highest BCUT2D eigenvalue weighted by molar-refractivity contribution is 7.16. The molecular formula is C19H18ClN3O4S. The van der Waals surface area contributed by atoms with Crippen molar-refractivity contribution in [3.63, 3.8) is 0 Å². The lowest BCUT2D eigenvalue weighted by atomic mass is 10.2. The Kier molecular flexibility index (Phi) is 6.43. The molecule has 0 aliphatic heterocycles. The third-order valence-corrected chi connectivity index (χ3v) is 5.14. The zero-order valence-corrected chi connectivity index (χ0v) is 16.6. The van der Waals surface area contributed by atoms with Crippen LogP contribution in [0.4, 0.5) is 0 Å². The molecule has 28 heavy (non-hydrogen) atoms. The van der Waals surface area contributed by atoms with E-state index in [0.717, 1.165) is 5.56 Å². The molecule has 9 heteroatoms. The number of thiophene rings is 1. The fourth-order valence-corrected chi connectivity index (χ4v) is 3.36. The van der Waals surface area contributed by atoms with Gasteiger partial charge < -0.3 is 10.1 Å². The van der Waals surface area contributed by atoms with Gasteiger partial charge >= 0.3 is 5.97 Å². The number of carbonyl (C=O) groups is 2. The Labute approximate surface area is 169 Å². The Bertz CT molecular complexity index is 1050. The molecule has 0 aliphatic carbocycles. The van der Waals surface area contributed by atoms with Gasteiger partial charge in [0.1, 0.15) is 4.83 Å². The first kappa shape index (κ1) is 20.0. The molecule has 0 saturated carbocycles. The van der Waals surface area contributed by atoms with E-state index < -0.39 is 18.0 Å². The molecule has 1 atom stereocenters. The molecule has 1 amide bonds. The summed E-state index contributed by atoms with van der Waals surface area (Å²) in [5.41, 5.74) is 0.680. The molecule has 0 spiro atoms. The van der Waals surface area contributed by atoms with Crippen LogP contribution in [0.25, 0.3) is 10.2 Å². The maximum absolute atomic E-state index is 12.3. The number of halogens is 1. The first-order valence-corrected chi connectivity index (χ1v) is 9.84. The maximum Gasteiger partial charge on any atom is 0.308 e. The lowest BCUT2D eigenvalue weighted by molar-refractivity contribution is -0.155. The van der Waals surface area contributed by atoms with Gasteiger partial charge in [0.05, 0.1) is 18.1 Å². The number of carbonyl (C=O) groups excluding carboxylic acids is 2. The van der Waals surface area contributed by atoms with Gasteiger partial charge in [0.15, 0.2) is 6.10 Å². The average Bonchev–Trinajstić information content (AvgIpc) is 3.16. The number of fused-ring (bicyclic) bond motifs is 1. The van der Waals surface area contributed by atoms with E-state index in [1.807, 2.05) is 0 Å². The van der Waals surface area contributed by atoms with Crippen molar-refractivity contribution in [3.05, 3.63) is 63.0 Å². The lowest BCUT2D eigenvalue weighted by Crippen LogP contribution is -2.35. The first-order valence-electron chi connectivity index (χ1n) is 8.58. The minimum atomic E-state index is -0.936. The number of nitrogens with zero attached hydrogens (tertiary/aromatic N) is 2. The van der Waals surface area contributed by atoms with Crippen molar-refractivity contribution in [1.29, 1.82) is 0 Å². The Hall–Kier alpha value is -2.71. The Morgan fingerprint density at radius 3 is 2.79 bits per heavy atom. The van der Waals surface area contributed by atoms with E-state index in [1.165, 1.54) is 29.2 Å². The van der Waals surface area contributed by atoms with Crippen LogP contribution in [-0.2, 0) is 27.4 Å². The smallest absolute Gasteiger partial charge is 0.308 e. The lowest BCUT2D eigenvalue weighted by Gasteiger charge is -2.14. The third-order valence-electron chi connectivity index (χ3n) is 4.06. The van der Waals surface area contributed by atoms with Crippen LogP contribution < -0.4 is 10.9 Å². The van der Waals surface area contributed by atoms with E-state index in [4.69, 9.17) is 16.3 Å². The normalized spacial score (nSPS) is 11.9. The highest BCUT2D eigenvalue weighted by Gasteiger charge is 2.17. The second kappa shape index (κ2) is 8.99. The average molecular weight is 420 g/mol. The Morgan fingerprint density at radius 1 is 1.29 bits per heavy atom. The van der Waals surface area contributed by atoms with Gasteiger partial charge in [-0.2, -0.15) is 0 Å². The standard InChI is InChI=1S/C19H18ClN3O4S/c1-12(17(25)21-10-13-2-4-14(20)5-3-13)27-16(24)6-8-23-11-22-18-15(19(23)26)7-9-28-18/h2-5,7,9,11-12H,6,8,10H2,1H3,(H,21,25)/t12-/m0/s1. The number of hydrogen-bond acceptors (Lipinski definition) is 6. The van der Waals surface area contributed by atoms with Gasteiger partial charge in [0.2, 0.25) is 0 Å². The fourth-order valence-electron chi connectivity index (χ4n) is 2.51. The zero-order valence-electron chi connectivity index (χ0n) is 15.1. The van der Waals surface area contributed by atoms with Crippen molar-refractivity contribution in [1.82, 2.24) is 14.9 Å². The largest absolute Gasteiger partial charge is 0.452 e. The van der Waals surface area contributed by atoms with Crippen molar-refractivity contribution >= 4 is 45.0 Å². The van der Waals surface area contributed by atoms with Gasteiger partial charge in [-0.15, -0.1) is 11.3 Å². The molecule has 7 nitrogen and oxygen atoms in total. The number of hydrogen-bond donors (Lipinski definition) is 1. The highest BCUT2D eigenvalue weighted by Crippen LogP contribution is 2.13. The second-order valence-corrected chi connectivity index (χ2v) is 7.44. The molecule has 1 aromatic carbocycles. The van der Waals surface area contributed by atoms with Crippen LogP contribution in [0.15, 0.2) is 46.8 Å². The summed E-state index contributed by atoms with van der Waals surface area (Å²) in [7, 11) is 0. The maximum atomic E-state index is 12.3. The second-order valence-electron chi connectivity index (χ2n) is 6.11. The molecule has 0 fully saturated rings. The number of esters is 1. The van der Waals surface area contributed by atoms with Crippen molar-refractivity contribution < 1.29 is 14.3 Å². The quantitative estimate of drug-likeness (QED) is 0.594. The Balaban J connectivity index is 1.47. The number of rotatable bonds is 7. The molecule has 2 aromatic heterocycles. The van der Waals surface area contributed by atoms with Gasteiger partial charge in [-0.3, -0.25) is 19.0 Å². The fraction of sp³-hybridized carbons (Fsp3) is 0.263.